The molecule has 0 saturated carbocycles. The number of halogens is 2. The van der Waals surface area contributed by atoms with Crippen molar-refractivity contribution >= 4 is 12.1 Å². The summed E-state index contributed by atoms with van der Waals surface area (Å²) in [7, 11) is 1.08. The predicted molar refractivity (Wildman–Crippen MR) is 81.0 cm³/mol. The summed E-state index contributed by atoms with van der Waals surface area (Å²) in [5.41, 5.74) is -0.879. The minimum absolute atomic E-state index is 0.0620. The lowest BCUT2D eigenvalue weighted by Gasteiger charge is -2.25. The van der Waals surface area contributed by atoms with E-state index in [0.717, 1.165) is 19.4 Å². The number of aliphatic hydroxyl groups is 1. The molecule has 2 N–H and O–H groups in total. The lowest BCUT2D eigenvalue weighted by molar-refractivity contribution is -0.146. The summed E-state index contributed by atoms with van der Waals surface area (Å²) in [6, 6.07) is 0.809. The van der Waals surface area contributed by atoms with Gasteiger partial charge in [0.05, 0.1) is 19.0 Å². The molecule has 1 amide bonds. The molecule has 0 aliphatic carbocycles. The van der Waals surface area contributed by atoms with Crippen molar-refractivity contribution in [2.45, 2.75) is 45.1 Å². The van der Waals surface area contributed by atoms with E-state index < -0.39 is 36.4 Å². The highest BCUT2D eigenvalue weighted by molar-refractivity contribution is 5.82. The number of aliphatic hydroxyl groups excluding tert-OH is 1. The Morgan fingerprint density at radius 2 is 1.92 bits per heavy atom. The van der Waals surface area contributed by atoms with Crippen molar-refractivity contribution in [3.8, 4) is 5.75 Å². The van der Waals surface area contributed by atoms with Crippen LogP contribution in [0.25, 0.3) is 0 Å². The van der Waals surface area contributed by atoms with Crippen LogP contribution in [0, 0.1) is 0 Å². The molecule has 0 fully saturated rings. The number of methoxy groups -OCH3 is 1. The van der Waals surface area contributed by atoms with Gasteiger partial charge >= 0.3 is 18.7 Å². The van der Waals surface area contributed by atoms with E-state index in [1.54, 1.807) is 20.8 Å². The molecule has 0 unspecified atom stereocenters. The summed E-state index contributed by atoms with van der Waals surface area (Å²) >= 11 is 0. The van der Waals surface area contributed by atoms with E-state index in [1.807, 2.05) is 0 Å². The molecule has 0 saturated heterocycles. The van der Waals surface area contributed by atoms with E-state index in [-0.39, 0.29) is 11.4 Å². The average Bonchev–Trinajstić information content (AvgIpc) is 2.49. The average molecular weight is 362 g/mol. The fraction of sp³-hybridized carbons (Fsp3) is 0.533. The molecule has 0 spiro atoms. The minimum atomic E-state index is -3.02. The molecular formula is C15H20F2N2O6. The van der Waals surface area contributed by atoms with Crippen molar-refractivity contribution in [1.29, 1.82) is 0 Å². The first kappa shape index (κ1) is 20.6. The highest BCUT2D eigenvalue weighted by atomic mass is 19.3. The molecule has 1 rings (SSSR count). The third-order valence-corrected chi connectivity index (χ3v) is 2.73. The number of amides is 1. The van der Waals surface area contributed by atoms with Gasteiger partial charge < -0.3 is 24.6 Å². The smallest absolute Gasteiger partial charge is 0.408 e. The largest absolute Gasteiger partial charge is 0.467 e. The molecule has 1 aromatic rings. The number of alkyl halides is 2. The number of nitrogens with one attached hydrogen (secondary N) is 1. The van der Waals surface area contributed by atoms with Gasteiger partial charge in [0.1, 0.15) is 17.5 Å². The van der Waals surface area contributed by atoms with Gasteiger partial charge in [-0.25, -0.2) is 9.59 Å². The van der Waals surface area contributed by atoms with Gasteiger partial charge in [-0.3, -0.25) is 4.98 Å². The second-order valence-corrected chi connectivity index (χ2v) is 5.89. The highest BCUT2D eigenvalue weighted by Gasteiger charge is 2.33. The molecule has 2 atom stereocenters. The van der Waals surface area contributed by atoms with E-state index in [4.69, 9.17) is 4.74 Å². The maximum atomic E-state index is 12.1. The number of ether oxygens (including phenoxy) is 3. The molecule has 0 bridgehead atoms. The Bertz CT molecular complexity index is 589. The lowest BCUT2D eigenvalue weighted by Crippen LogP contribution is -2.47. The van der Waals surface area contributed by atoms with E-state index in [9.17, 15) is 23.5 Å². The molecule has 0 aliphatic heterocycles. The predicted octanol–water partition coefficient (Wildman–Crippen LogP) is 1.78. The monoisotopic (exact) mass is 362 g/mol. The topological polar surface area (TPSA) is 107 Å². The number of alkyl carbamates (subject to hydrolysis) is 1. The van der Waals surface area contributed by atoms with Crippen LogP contribution in [0.4, 0.5) is 13.6 Å². The summed E-state index contributed by atoms with van der Waals surface area (Å²) in [4.78, 5) is 27.4. The summed E-state index contributed by atoms with van der Waals surface area (Å²) in [5, 5.41) is 12.5. The Kier molecular flexibility index (Phi) is 7.04. The molecule has 0 aromatic carbocycles. The van der Waals surface area contributed by atoms with Crippen molar-refractivity contribution in [3.63, 3.8) is 0 Å². The Labute approximate surface area is 143 Å². The summed E-state index contributed by atoms with van der Waals surface area (Å²) in [6.45, 7) is 1.85. The van der Waals surface area contributed by atoms with Gasteiger partial charge in [-0.15, -0.1) is 0 Å². The Morgan fingerprint density at radius 1 is 1.28 bits per heavy atom. The molecule has 25 heavy (non-hydrogen) atoms. The molecule has 1 heterocycles. The summed E-state index contributed by atoms with van der Waals surface area (Å²) < 4.78 is 37.9. The third kappa shape index (κ3) is 6.87. The number of carbonyl (C=O) groups excluding carboxylic acids is 2. The Balaban J connectivity index is 2.91. The summed E-state index contributed by atoms with van der Waals surface area (Å²) in [6.07, 6.45) is -1.59. The normalized spacial score (nSPS) is 13.8. The van der Waals surface area contributed by atoms with Crippen LogP contribution in [0.2, 0.25) is 0 Å². The second kappa shape index (κ2) is 8.56. The number of hydrogen-bond donors (Lipinski definition) is 2. The van der Waals surface area contributed by atoms with Gasteiger partial charge in [0.2, 0.25) is 0 Å². The van der Waals surface area contributed by atoms with Crippen LogP contribution in [-0.2, 0) is 14.3 Å². The molecule has 140 valence electrons. The number of hydrogen-bond acceptors (Lipinski definition) is 7. The van der Waals surface area contributed by atoms with E-state index in [2.05, 4.69) is 19.8 Å². The van der Waals surface area contributed by atoms with Gasteiger partial charge in [-0.1, -0.05) is 0 Å². The first-order chi connectivity index (χ1) is 11.5. The molecular weight excluding hydrogens is 342 g/mol. The van der Waals surface area contributed by atoms with E-state index in [1.165, 1.54) is 6.07 Å². The van der Waals surface area contributed by atoms with Crippen LogP contribution in [0.5, 0.6) is 5.75 Å². The van der Waals surface area contributed by atoms with Gasteiger partial charge in [0, 0.05) is 0 Å². The molecule has 1 aromatic heterocycles. The fourth-order valence-corrected chi connectivity index (χ4v) is 1.74. The third-order valence-electron chi connectivity index (χ3n) is 2.73. The van der Waals surface area contributed by atoms with Crippen LogP contribution < -0.4 is 10.1 Å². The first-order valence-electron chi connectivity index (χ1n) is 7.19. The van der Waals surface area contributed by atoms with Crippen molar-refractivity contribution in [2.24, 2.45) is 0 Å². The van der Waals surface area contributed by atoms with Crippen molar-refractivity contribution < 1.29 is 37.7 Å². The number of pyridine rings is 1. The van der Waals surface area contributed by atoms with Crippen LogP contribution in [0.3, 0.4) is 0 Å². The lowest BCUT2D eigenvalue weighted by atomic mass is 10.1. The number of aromatic nitrogens is 1. The van der Waals surface area contributed by atoms with Crippen LogP contribution in [-0.4, -0.2) is 47.5 Å². The number of nitrogens with zero attached hydrogens (tertiary/aromatic N) is 1. The highest BCUT2D eigenvalue weighted by Crippen LogP contribution is 2.20. The molecule has 0 aliphatic rings. The van der Waals surface area contributed by atoms with Crippen molar-refractivity contribution in [1.82, 2.24) is 10.3 Å². The van der Waals surface area contributed by atoms with Crippen molar-refractivity contribution in [3.05, 3.63) is 24.0 Å². The number of esters is 1. The van der Waals surface area contributed by atoms with Gasteiger partial charge in [0.15, 0.2) is 6.04 Å². The molecule has 10 heteroatoms. The Morgan fingerprint density at radius 3 is 2.36 bits per heavy atom. The van der Waals surface area contributed by atoms with E-state index in [0.29, 0.717) is 0 Å². The zero-order chi connectivity index (χ0) is 19.2. The first-order valence-corrected chi connectivity index (χ1v) is 7.19. The van der Waals surface area contributed by atoms with Gasteiger partial charge in [-0.2, -0.15) is 8.78 Å². The number of rotatable bonds is 6. The zero-order valence-corrected chi connectivity index (χ0v) is 14.2. The number of carbonyl (C=O) groups is 2. The van der Waals surface area contributed by atoms with Crippen LogP contribution in [0.15, 0.2) is 18.3 Å². The van der Waals surface area contributed by atoms with E-state index >= 15 is 0 Å². The Hall–Kier alpha value is -2.49. The quantitative estimate of drug-likeness (QED) is 0.743. The second-order valence-electron chi connectivity index (χ2n) is 5.89. The SMILES string of the molecule is COC(=O)[C@@H](NC(=O)OC(C)(C)C)[C@H](O)c1ccc(OC(F)F)cn1. The van der Waals surface area contributed by atoms with Crippen molar-refractivity contribution in [2.75, 3.05) is 7.11 Å². The van der Waals surface area contributed by atoms with Crippen LogP contribution >= 0.6 is 0 Å². The summed E-state index contributed by atoms with van der Waals surface area (Å²) in [5.74, 6) is -1.16. The zero-order valence-electron chi connectivity index (χ0n) is 14.2. The molecule has 0 radical (unpaired) electrons. The maximum Gasteiger partial charge on any atom is 0.408 e. The van der Waals surface area contributed by atoms with Gasteiger partial charge in [-0.05, 0) is 32.9 Å². The van der Waals surface area contributed by atoms with Crippen LogP contribution in [0.1, 0.15) is 32.6 Å². The maximum absolute atomic E-state index is 12.1. The standard InChI is InChI=1S/C15H20F2N2O6/c1-15(2,3)25-14(22)19-10(12(21)23-4)11(20)9-6-5-8(7-18-9)24-13(16)17/h5-7,10-11,13,20H,1-4H3,(H,19,22)/t10-,11+/m0/s1. The van der Waals surface area contributed by atoms with Gasteiger partial charge in [0.25, 0.3) is 0 Å². The molecule has 8 nitrogen and oxygen atoms in total. The fourth-order valence-electron chi connectivity index (χ4n) is 1.74. The minimum Gasteiger partial charge on any atom is -0.467 e.